The van der Waals surface area contributed by atoms with Crippen LogP contribution in [0.25, 0.3) is 6.08 Å². The lowest BCUT2D eigenvalue weighted by Crippen LogP contribution is -2.48. The zero-order valence-corrected chi connectivity index (χ0v) is 16.7. The first-order valence-corrected chi connectivity index (χ1v) is 10.5. The van der Waals surface area contributed by atoms with Gasteiger partial charge in [0.05, 0.1) is 9.82 Å². The van der Waals surface area contributed by atoms with Gasteiger partial charge in [-0.15, -0.1) is 0 Å². The summed E-state index contributed by atoms with van der Waals surface area (Å²) in [6.45, 7) is 1.27. The lowest BCUT2D eigenvalue weighted by Gasteiger charge is -2.35. The number of hydrogen-bond donors (Lipinski definition) is 2. The summed E-state index contributed by atoms with van der Waals surface area (Å²) in [5.41, 5.74) is 2.62. The smallest absolute Gasteiger partial charge is 0.271 e. The molecule has 0 radical (unpaired) electrons. The van der Waals surface area contributed by atoms with Crippen molar-refractivity contribution < 1.29 is 23.3 Å². The number of amides is 1. The van der Waals surface area contributed by atoms with E-state index in [1.807, 2.05) is 4.90 Å². The van der Waals surface area contributed by atoms with E-state index >= 15 is 0 Å². The molecular weight excluding hydrogens is 412 g/mol. The van der Waals surface area contributed by atoms with Gasteiger partial charge in [-0.05, 0) is 29.8 Å². The molecule has 1 aliphatic rings. The highest BCUT2D eigenvalue weighted by molar-refractivity contribution is 7.89. The van der Waals surface area contributed by atoms with Crippen LogP contribution in [0.15, 0.2) is 59.5 Å². The van der Waals surface area contributed by atoms with Crippen LogP contribution in [-0.2, 0) is 14.8 Å². The third-order valence-electron chi connectivity index (χ3n) is 4.68. The van der Waals surface area contributed by atoms with Crippen molar-refractivity contribution in [3.8, 4) is 0 Å². The van der Waals surface area contributed by atoms with Crippen LogP contribution in [0.2, 0.25) is 0 Å². The predicted octanol–water partition coefficient (Wildman–Crippen LogP) is 1.62. The number of nitrogens with zero attached hydrogens (tertiary/aromatic N) is 3. The molecule has 0 atom stereocenters. The third-order valence-corrected chi connectivity index (χ3v) is 6.57. The standard InChI is InChI=1S/C19H20N4O6S/c24-19(20-25)8-7-15-3-1-6-18(13-15)30(28,29)22-11-9-21(10-12-22)16-4-2-5-17(14-16)23(26)27/h1-8,13-14,25H,9-12H2,(H,20,24)/b8-7+. The van der Waals surface area contributed by atoms with E-state index in [9.17, 15) is 23.3 Å². The number of carbonyl (C=O) groups is 1. The lowest BCUT2D eigenvalue weighted by molar-refractivity contribution is -0.384. The van der Waals surface area contributed by atoms with Crippen molar-refractivity contribution in [3.05, 3.63) is 70.3 Å². The van der Waals surface area contributed by atoms with Gasteiger partial charge in [0, 0.05) is 50.1 Å². The molecule has 158 valence electrons. The minimum absolute atomic E-state index is 0.0118. The van der Waals surface area contributed by atoms with Crippen LogP contribution in [0.3, 0.4) is 0 Å². The largest absolute Gasteiger partial charge is 0.369 e. The average Bonchev–Trinajstić information content (AvgIpc) is 2.77. The number of rotatable bonds is 6. The molecule has 1 amide bonds. The van der Waals surface area contributed by atoms with Crippen molar-refractivity contribution in [1.82, 2.24) is 9.79 Å². The number of piperazine rings is 1. The molecule has 1 aliphatic heterocycles. The van der Waals surface area contributed by atoms with E-state index in [4.69, 9.17) is 5.21 Å². The maximum atomic E-state index is 13.0. The summed E-state index contributed by atoms with van der Waals surface area (Å²) < 4.78 is 27.4. The number of nitro benzene ring substituents is 1. The van der Waals surface area contributed by atoms with Crippen LogP contribution < -0.4 is 10.4 Å². The van der Waals surface area contributed by atoms with Crippen molar-refractivity contribution in [2.75, 3.05) is 31.1 Å². The SMILES string of the molecule is O=C(/C=C/c1cccc(S(=O)(=O)N2CCN(c3cccc([N+](=O)[O-])c3)CC2)c1)NO. The van der Waals surface area contributed by atoms with Crippen molar-refractivity contribution >= 4 is 33.4 Å². The minimum Gasteiger partial charge on any atom is -0.369 e. The number of carbonyl (C=O) groups excluding carboxylic acids is 1. The van der Waals surface area contributed by atoms with Crippen LogP contribution in [0.1, 0.15) is 5.56 Å². The molecule has 0 spiro atoms. The summed E-state index contributed by atoms with van der Waals surface area (Å²) in [5.74, 6) is -0.722. The Morgan fingerprint density at radius 1 is 1.10 bits per heavy atom. The number of sulfonamides is 1. The van der Waals surface area contributed by atoms with Crippen LogP contribution in [-0.4, -0.2) is 54.9 Å². The van der Waals surface area contributed by atoms with Gasteiger partial charge >= 0.3 is 0 Å². The van der Waals surface area contributed by atoms with Crippen LogP contribution in [0.5, 0.6) is 0 Å². The maximum absolute atomic E-state index is 13.0. The number of nitro groups is 1. The highest BCUT2D eigenvalue weighted by atomic mass is 32.2. The maximum Gasteiger partial charge on any atom is 0.271 e. The minimum atomic E-state index is -3.74. The summed E-state index contributed by atoms with van der Waals surface area (Å²) in [6.07, 6.45) is 2.48. The van der Waals surface area contributed by atoms with Gasteiger partial charge in [-0.1, -0.05) is 18.2 Å². The Bertz CT molecular complexity index is 1080. The Morgan fingerprint density at radius 2 is 1.80 bits per heavy atom. The number of non-ortho nitro benzene ring substituents is 1. The molecule has 0 aromatic heterocycles. The van der Waals surface area contributed by atoms with E-state index in [-0.39, 0.29) is 23.7 Å². The summed E-state index contributed by atoms with van der Waals surface area (Å²) in [6, 6.07) is 12.4. The monoisotopic (exact) mass is 432 g/mol. The molecule has 0 saturated carbocycles. The zero-order valence-electron chi connectivity index (χ0n) is 15.8. The molecule has 30 heavy (non-hydrogen) atoms. The molecule has 1 fully saturated rings. The molecule has 11 heteroatoms. The van der Waals surface area contributed by atoms with Gasteiger partial charge in [0.25, 0.3) is 11.6 Å². The molecule has 0 bridgehead atoms. The normalized spacial score (nSPS) is 15.3. The second-order valence-corrected chi connectivity index (χ2v) is 8.49. The number of hydroxylamine groups is 1. The molecule has 1 saturated heterocycles. The molecule has 2 aromatic carbocycles. The molecule has 10 nitrogen and oxygen atoms in total. The van der Waals surface area contributed by atoms with Crippen LogP contribution in [0, 0.1) is 10.1 Å². The lowest BCUT2D eigenvalue weighted by atomic mass is 10.2. The van der Waals surface area contributed by atoms with Gasteiger partial charge in [-0.3, -0.25) is 20.1 Å². The Hall–Kier alpha value is -3.28. The van der Waals surface area contributed by atoms with Crippen LogP contribution in [0.4, 0.5) is 11.4 Å². The summed E-state index contributed by atoms with van der Waals surface area (Å²) in [5, 5.41) is 19.5. The molecule has 3 rings (SSSR count). The number of benzene rings is 2. The van der Waals surface area contributed by atoms with Gasteiger partial charge in [-0.2, -0.15) is 4.31 Å². The highest BCUT2D eigenvalue weighted by Gasteiger charge is 2.29. The van der Waals surface area contributed by atoms with E-state index in [0.29, 0.717) is 24.3 Å². The predicted molar refractivity (Wildman–Crippen MR) is 109 cm³/mol. The molecule has 0 aliphatic carbocycles. The number of nitrogens with one attached hydrogen (secondary N) is 1. The molecule has 1 heterocycles. The van der Waals surface area contributed by atoms with Gasteiger partial charge in [0.15, 0.2) is 0 Å². The van der Waals surface area contributed by atoms with Crippen molar-refractivity contribution in [3.63, 3.8) is 0 Å². The molecule has 2 aromatic rings. The Labute approximate surface area is 173 Å². The first kappa shape index (κ1) is 21.4. The topological polar surface area (TPSA) is 133 Å². The van der Waals surface area contributed by atoms with Crippen molar-refractivity contribution in [1.29, 1.82) is 0 Å². The summed E-state index contributed by atoms with van der Waals surface area (Å²) in [4.78, 5) is 23.6. The first-order chi connectivity index (χ1) is 14.3. The van der Waals surface area contributed by atoms with E-state index in [0.717, 1.165) is 6.08 Å². The molecule has 0 unspecified atom stereocenters. The second-order valence-electron chi connectivity index (χ2n) is 6.55. The van der Waals surface area contributed by atoms with Crippen molar-refractivity contribution in [2.24, 2.45) is 0 Å². The molecular formula is C19H20N4O6S. The zero-order chi connectivity index (χ0) is 21.7. The van der Waals surface area contributed by atoms with Gasteiger partial charge < -0.3 is 4.90 Å². The van der Waals surface area contributed by atoms with E-state index in [1.165, 1.54) is 40.1 Å². The fourth-order valence-corrected chi connectivity index (χ4v) is 4.60. The van der Waals surface area contributed by atoms with Gasteiger partial charge in [0.2, 0.25) is 10.0 Å². The van der Waals surface area contributed by atoms with E-state index in [1.54, 1.807) is 24.3 Å². The Balaban J connectivity index is 1.72. The Morgan fingerprint density at radius 3 is 2.47 bits per heavy atom. The fraction of sp³-hybridized carbons (Fsp3) is 0.211. The first-order valence-electron chi connectivity index (χ1n) is 9.03. The summed E-state index contributed by atoms with van der Waals surface area (Å²) in [7, 11) is -3.74. The number of hydrogen-bond acceptors (Lipinski definition) is 7. The third kappa shape index (κ3) is 4.82. The average molecular weight is 432 g/mol. The van der Waals surface area contributed by atoms with E-state index in [2.05, 4.69) is 0 Å². The van der Waals surface area contributed by atoms with Crippen molar-refractivity contribution in [2.45, 2.75) is 4.90 Å². The quantitative estimate of drug-likeness (QED) is 0.307. The highest BCUT2D eigenvalue weighted by Crippen LogP contribution is 2.24. The molecule has 2 N–H and O–H groups in total. The van der Waals surface area contributed by atoms with E-state index < -0.39 is 20.9 Å². The second kappa shape index (κ2) is 9.03. The van der Waals surface area contributed by atoms with Crippen LogP contribution >= 0.6 is 0 Å². The Kier molecular flexibility index (Phi) is 6.45. The van der Waals surface area contributed by atoms with Gasteiger partial charge in [0.1, 0.15) is 0 Å². The van der Waals surface area contributed by atoms with Gasteiger partial charge in [-0.25, -0.2) is 13.9 Å². The number of anilines is 1. The fourth-order valence-electron chi connectivity index (χ4n) is 3.13. The summed E-state index contributed by atoms with van der Waals surface area (Å²) >= 11 is 0.